The molecule has 2 amide bonds. The first kappa shape index (κ1) is 14.6. The predicted molar refractivity (Wildman–Crippen MR) is 83.2 cm³/mol. The summed E-state index contributed by atoms with van der Waals surface area (Å²) in [6.45, 7) is 5.37. The first-order valence-electron chi connectivity index (χ1n) is 7.66. The molecule has 0 unspecified atom stereocenters. The maximum atomic E-state index is 12.9. The lowest BCUT2D eigenvalue weighted by atomic mass is 9.96. The van der Waals surface area contributed by atoms with Gasteiger partial charge in [0.05, 0.1) is 6.54 Å². The summed E-state index contributed by atoms with van der Waals surface area (Å²) in [5.41, 5.74) is 0.664. The molecule has 21 heavy (non-hydrogen) atoms. The molecule has 0 aromatic carbocycles. The SMILES string of the molecule is Cc1cc(CN2CCC(=O)NC3(CCCC3)C2=O)sc1C. The van der Waals surface area contributed by atoms with Crippen molar-refractivity contribution in [3.8, 4) is 0 Å². The van der Waals surface area contributed by atoms with E-state index in [4.69, 9.17) is 0 Å². The van der Waals surface area contributed by atoms with Crippen molar-refractivity contribution in [2.75, 3.05) is 6.54 Å². The molecule has 2 fully saturated rings. The van der Waals surface area contributed by atoms with Gasteiger partial charge in [0.25, 0.3) is 0 Å². The van der Waals surface area contributed by atoms with Crippen LogP contribution in [0.5, 0.6) is 0 Å². The molecule has 0 radical (unpaired) electrons. The number of hydrogen-bond donors (Lipinski definition) is 1. The van der Waals surface area contributed by atoms with Crippen LogP contribution in [0.4, 0.5) is 0 Å². The van der Waals surface area contributed by atoms with Crippen LogP contribution in [0.25, 0.3) is 0 Å². The predicted octanol–water partition coefficient (Wildman–Crippen LogP) is 2.53. The topological polar surface area (TPSA) is 49.4 Å². The Labute approximate surface area is 129 Å². The number of nitrogens with zero attached hydrogens (tertiary/aromatic N) is 1. The Morgan fingerprint density at radius 2 is 2.00 bits per heavy atom. The first-order chi connectivity index (χ1) is 10.00. The zero-order valence-electron chi connectivity index (χ0n) is 12.7. The molecule has 1 aromatic heterocycles. The molecule has 1 aliphatic heterocycles. The van der Waals surface area contributed by atoms with Gasteiger partial charge in [0, 0.05) is 22.7 Å². The summed E-state index contributed by atoms with van der Waals surface area (Å²) in [4.78, 5) is 29.3. The van der Waals surface area contributed by atoms with Gasteiger partial charge in [-0.15, -0.1) is 11.3 Å². The van der Waals surface area contributed by atoms with Crippen LogP contribution in [-0.2, 0) is 16.1 Å². The molecule has 2 aliphatic rings. The van der Waals surface area contributed by atoms with Gasteiger partial charge < -0.3 is 10.2 Å². The van der Waals surface area contributed by atoms with Gasteiger partial charge in [-0.3, -0.25) is 9.59 Å². The van der Waals surface area contributed by atoms with Crippen LogP contribution in [0.15, 0.2) is 6.07 Å². The molecule has 0 bridgehead atoms. The van der Waals surface area contributed by atoms with Crippen LogP contribution >= 0.6 is 11.3 Å². The number of carbonyl (C=O) groups excluding carboxylic acids is 2. The standard InChI is InChI=1S/C16H22N2O2S/c1-11-9-13(21-12(11)2)10-18-8-5-14(19)17-16(15(18)20)6-3-4-7-16/h9H,3-8,10H2,1-2H3,(H,17,19). The van der Waals surface area contributed by atoms with Crippen LogP contribution in [-0.4, -0.2) is 28.8 Å². The molecule has 5 heteroatoms. The minimum Gasteiger partial charge on any atom is -0.342 e. The molecule has 0 atom stereocenters. The third-order valence-corrected chi connectivity index (χ3v) is 5.84. The zero-order chi connectivity index (χ0) is 15.0. The Kier molecular flexibility index (Phi) is 3.78. The Morgan fingerprint density at radius 3 is 2.62 bits per heavy atom. The van der Waals surface area contributed by atoms with Gasteiger partial charge in [-0.25, -0.2) is 0 Å². The van der Waals surface area contributed by atoms with E-state index in [9.17, 15) is 9.59 Å². The van der Waals surface area contributed by atoms with E-state index in [2.05, 4.69) is 25.2 Å². The summed E-state index contributed by atoms with van der Waals surface area (Å²) in [5.74, 6) is 0.140. The van der Waals surface area contributed by atoms with E-state index in [1.54, 1.807) is 11.3 Å². The summed E-state index contributed by atoms with van der Waals surface area (Å²) in [5, 5.41) is 3.01. The number of amides is 2. The van der Waals surface area contributed by atoms with Crippen LogP contribution in [0.2, 0.25) is 0 Å². The zero-order valence-corrected chi connectivity index (χ0v) is 13.5. The van der Waals surface area contributed by atoms with Gasteiger partial charge in [0.15, 0.2) is 0 Å². The minimum absolute atomic E-state index is 0.0197. The van der Waals surface area contributed by atoms with E-state index in [1.807, 2.05) is 4.90 Å². The summed E-state index contributed by atoms with van der Waals surface area (Å²) < 4.78 is 0. The van der Waals surface area contributed by atoms with Crippen molar-refractivity contribution in [3.05, 3.63) is 21.4 Å². The van der Waals surface area contributed by atoms with Gasteiger partial charge in [-0.2, -0.15) is 0 Å². The average Bonchev–Trinajstić information content (AvgIpc) is 2.99. The van der Waals surface area contributed by atoms with Crippen molar-refractivity contribution >= 4 is 23.2 Å². The highest BCUT2D eigenvalue weighted by Crippen LogP contribution is 2.34. The Morgan fingerprint density at radius 1 is 1.29 bits per heavy atom. The molecule has 3 rings (SSSR count). The van der Waals surface area contributed by atoms with E-state index >= 15 is 0 Å². The van der Waals surface area contributed by atoms with Crippen molar-refractivity contribution in [1.82, 2.24) is 10.2 Å². The molecular weight excluding hydrogens is 284 g/mol. The maximum absolute atomic E-state index is 12.9. The fourth-order valence-corrected chi connectivity index (χ4v) is 4.48. The lowest BCUT2D eigenvalue weighted by Gasteiger charge is -2.31. The second-order valence-electron chi connectivity index (χ2n) is 6.27. The molecule has 4 nitrogen and oxygen atoms in total. The van der Waals surface area contributed by atoms with E-state index in [0.29, 0.717) is 19.5 Å². The molecule has 1 N–H and O–H groups in total. The lowest BCUT2D eigenvalue weighted by molar-refractivity contribution is -0.139. The van der Waals surface area contributed by atoms with Crippen LogP contribution in [0.1, 0.15) is 47.4 Å². The first-order valence-corrected chi connectivity index (χ1v) is 8.48. The number of aryl methyl sites for hydroxylation is 2. The number of hydrogen-bond acceptors (Lipinski definition) is 3. The third-order valence-electron chi connectivity index (χ3n) is 4.70. The molecule has 114 valence electrons. The molecule has 1 aromatic rings. The lowest BCUT2D eigenvalue weighted by Crippen LogP contribution is -2.55. The van der Waals surface area contributed by atoms with E-state index in [-0.39, 0.29) is 11.8 Å². The van der Waals surface area contributed by atoms with Crippen molar-refractivity contribution in [1.29, 1.82) is 0 Å². The van der Waals surface area contributed by atoms with E-state index < -0.39 is 5.54 Å². The van der Waals surface area contributed by atoms with Crippen LogP contribution in [0.3, 0.4) is 0 Å². The molecule has 1 spiro atoms. The second kappa shape index (κ2) is 5.44. The highest BCUT2D eigenvalue weighted by atomic mass is 32.1. The van der Waals surface area contributed by atoms with E-state index in [0.717, 1.165) is 25.7 Å². The van der Waals surface area contributed by atoms with Crippen molar-refractivity contribution in [3.63, 3.8) is 0 Å². The van der Waals surface area contributed by atoms with Crippen molar-refractivity contribution < 1.29 is 9.59 Å². The summed E-state index contributed by atoms with van der Waals surface area (Å²) in [6.07, 6.45) is 4.04. The average molecular weight is 306 g/mol. The summed E-state index contributed by atoms with van der Waals surface area (Å²) in [7, 11) is 0. The Bertz CT molecular complexity index is 553. The fraction of sp³-hybridized carbons (Fsp3) is 0.625. The maximum Gasteiger partial charge on any atom is 0.248 e. The van der Waals surface area contributed by atoms with Crippen LogP contribution in [0, 0.1) is 13.8 Å². The molecule has 2 heterocycles. The van der Waals surface area contributed by atoms with Gasteiger partial charge >= 0.3 is 0 Å². The summed E-state index contributed by atoms with van der Waals surface area (Å²) in [6, 6.07) is 2.16. The largest absolute Gasteiger partial charge is 0.342 e. The minimum atomic E-state index is -0.616. The van der Waals surface area contributed by atoms with Gasteiger partial charge in [0.1, 0.15) is 5.54 Å². The number of thiophene rings is 1. The number of nitrogens with one attached hydrogen (secondary N) is 1. The highest BCUT2D eigenvalue weighted by Gasteiger charge is 2.46. The van der Waals surface area contributed by atoms with Crippen molar-refractivity contribution in [2.24, 2.45) is 0 Å². The third kappa shape index (κ3) is 2.71. The Balaban J connectivity index is 1.83. The molecule has 1 aliphatic carbocycles. The van der Waals surface area contributed by atoms with Gasteiger partial charge in [-0.05, 0) is 38.3 Å². The molecular formula is C16H22N2O2S. The number of rotatable bonds is 2. The Hall–Kier alpha value is -1.36. The normalized spacial score (nSPS) is 21.7. The fourth-order valence-electron chi connectivity index (χ4n) is 3.41. The second-order valence-corrected chi connectivity index (χ2v) is 7.61. The van der Waals surface area contributed by atoms with Crippen molar-refractivity contribution in [2.45, 2.75) is 58.0 Å². The van der Waals surface area contributed by atoms with Gasteiger partial charge in [-0.1, -0.05) is 12.8 Å². The molecule has 1 saturated heterocycles. The van der Waals surface area contributed by atoms with E-state index in [1.165, 1.54) is 15.3 Å². The highest BCUT2D eigenvalue weighted by molar-refractivity contribution is 7.12. The summed E-state index contributed by atoms with van der Waals surface area (Å²) >= 11 is 1.75. The molecule has 1 saturated carbocycles. The smallest absolute Gasteiger partial charge is 0.248 e. The quantitative estimate of drug-likeness (QED) is 0.913. The van der Waals surface area contributed by atoms with Gasteiger partial charge in [0.2, 0.25) is 11.8 Å². The monoisotopic (exact) mass is 306 g/mol. The van der Waals surface area contributed by atoms with Crippen LogP contribution < -0.4 is 5.32 Å². The number of carbonyl (C=O) groups is 2.